The average molecular weight is 364 g/mol. The highest BCUT2D eigenvalue weighted by Gasteiger charge is 2.26. The van der Waals surface area contributed by atoms with Gasteiger partial charge in [0.1, 0.15) is 5.82 Å². The third-order valence-corrected chi connectivity index (χ3v) is 5.27. The maximum Gasteiger partial charge on any atom is 0.409 e. The molecule has 0 unspecified atom stereocenters. The summed E-state index contributed by atoms with van der Waals surface area (Å²) in [7, 11) is 0. The molecule has 1 saturated heterocycles. The molecule has 1 aliphatic heterocycles. The average Bonchev–Trinajstić information content (AvgIpc) is 3.17. The normalized spacial score (nSPS) is 15.3. The second-order valence-electron chi connectivity index (χ2n) is 6.90. The molecular weight excluding hydrogens is 340 g/mol. The molecular formula is C21H24N4O2. The second kappa shape index (κ2) is 7.39. The lowest BCUT2D eigenvalue weighted by molar-refractivity contribution is 0.0928. The van der Waals surface area contributed by atoms with Crippen LogP contribution in [-0.4, -0.2) is 45.2 Å². The van der Waals surface area contributed by atoms with Crippen LogP contribution in [0.25, 0.3) is 22.3 Å². The number of piperidine rings is 1. The quantitative estimate of drug-likeness (QED) is 0.699. The first kappa shape index (κ1) is 17.5. The molecule has 27 heavy (non-hydrogen) atoms. The lowest BCUT2D eigenvalue weighted by Gasteiger charge is -2.32. The van der Waals surface area contributed by atoms with Gasteiger partial charge in [-0.1, -0.05) is 12.1 Å². The molecule has 0 bridgehead atoms. The van der Waals surface area contributed by atoms with Gasteiger partial charge in [0.25, 0.3) is 0 Å². The van der Waals surface area contributed by atoms with Crippen molar-refractivity contribution in [1.82, 2.24) is 19.4 Å². The zero-order valence-corrected chi connectivity index (χ0v) is 15.8. The lowest BCUT2D eigenvalue weighted by atomic mass is 10.00. The van der Waals surface area contributed by atoms with Gasteiger partial charge in [0.05, 0.1) is 12.1 Å². The van der Waals surface area contributed by atoms with Crippen molar-refractivity contribution in [3.63, 3.8) is 0 Å². The largest absolute Gasteiger partial charge is 0.450 e. The first-order valence-electron chi connectivity index (χ1n) is 9.48. The van der Waals surface area contributed by atoms with Gasteiger partial charge in [0.2, 0.25) is 0 Å². The molecule has 0 N–H and O–H groups in total. The molecule has 3 heterocycles. The third-order valence-electron chi connectivity index (χ3n) is 5.27. The van der Waals surface area contributed by atoms with Crippen LogP contribution in [0, 0.1) is 6.92 Å². The topological polar surface area (TPSA) is 60.2 Å². The van der Waals surface area contributed by atoms with Crippen molar-refractivity contribution >= 4 is 17.0 Å². The Hall–Kier alpha value is -2.89. The minimum absolute atomic E-state index is 0.210. The molecule has 6 heteroatoms. The van der Waals surface area contributed by atoms with E-state index in [9.17, 15) is 4.79 Å². The van der Waals surface area contributed by atoms with Crippen LogP contribution in [0.3, 0.4) is 0 Å². The van der Waals surface area contributed by atoms with Crippen molar-refractivity contribution < 1.29 is 9.53 Å². The molecule has 1 aromatic carbocycles. The molecule has 1 amide bonds. The van der Waals surface area contributed by atoms with Crippen LogP contribution in [0.1, 0.15) is 31.4 Å². The van der Waals surface area contributed by atoms with E-state index in [2.05, 4.69) is 45.9 Å². The maximum absolute atomic E-state index is 11.9. The van der Waals surface area contributed by atoms with Gasteiger partial charge in [0, 0.05) is 48.7 Å². The minimum atomic E-state index is -0.210. The predicted molar refractivity (Wildman–Crippen MR) is 105 cm³/mol. The molecule has 0 radical (unpaired) electrons. The van der Waals surface area contributed by atoms with Gasteiger partial charge in [-0.15, -0.1) is 0 Å². The van der Waals surface area contributed by atoms with Crippen molar-refractivity contribution in [3.05, 3.63) is 48.4 Å². The van der Waals surface area contributed by atoms with Crippen molar-refractivity contribution in [2.45, 2.75) is 32.7 Å². The summed E-state index contributed by atoms with van der Waals surface area (Å²) >= 11 is 0. The maximum atomic E-state index is 11.9. The second-order valence-corrected chi connectivity index (χ2v) is 6.90. The number of nitrogens with zero attached hydrogens (tertiary/aromatic N) is 4. The number of rotatable bonds is 3. The Kier molecular flexibility index (Phi) is 4.79. The van der Waals surface area contributed by atoms with Crippen LogP contribution < -0.4 is 0 Å². The van der Waals surface area contributed by atoms with Crippen LogP contribution in [-0.2, 0) is 4.74 Å². The SMILES string of the molecule is CCOC(=O)N1CCC(n2ccnc2-c2c(C)ccc3ncccc23)CC1. The van der Waals surface area contributed by atoms with Gasteiger partial charge in [-0.05, 0) is 44.4 Å². The molecule has 140 valence electrons. The van der Waals surface area contributed by atoms with Gasteiger partial charge in [-0.25, -0.2) is 9.78 Å². The fourth-order valence-electron chi connectivity index (χ4n) is 3.90. The molecule has 0 atom stereocenters. The number of aryl methyl sites for hydroxylation is 1. The number of ether oxygens (including phenoxy) is 1. The van der Waals surface area contributed by atoms with Gasteiger partial charge >= 0.3 is 6.09 Å². The summed E-state index contributed by atoms with van der Waals surface area (Å²) in [5.41, 5.74) is 3.30. The number of carbonyl (C=O) groups excluding carboxylic acids is 1. The Morgan fingerprint density at radius 1 is 1.19 bits per heavy atom. The number of benzene rings is 1. The van der Waals surface area contributed by atoms with E-state index in [0.717, 1.165) is 35.1 Å². The van der Waals surface area contributed by atoms with Crippen LogP contribution in [0.2, 0.25) is 0 Å². The first-order chi connectivity index (χ1) is 13.2. The van der Waals surface area contributed by atoms with E-state index in [0.29, 0.717) is 25.7 Å². The zero-order valence-electron chi connectivity index (χ0n) is 15.8. The molecule has 4 rings (SSSR count). The number of amides is 1. The summed E-state index contributed by atoms with van der Waals surface area (Å²) in [6.07, 6.45) is 7.31. The van der Waals surface area contributed by atoms with Gasteiger partial charge in [-0.3, -0.25) is 4.98 Å². The van der Waals surface area contributed by atoms with Crippen molar-refractivity contribution in [2.24, 2.45) is 0 Å². The summed E-state index contributed by atoms with van der Waals surface area (Å²) in [4.78, 5) is 22.9. The lowest BCUT2D eigenvalue weighted by Crippen LogP contribution is -2.39. The highest BCUT2D eigenvalue weighted by Crippen LogP contribution is 2.34. The van der Waals surface area contributed by atoms with Crippen LogP contribution >= 0.6 is 0 Å². The Bertz CT molecular complexity index is 958. The van der Waals surface area contributed by atoms with Crippen molar-refractivity contribution in [3.8, 4) is 11.4 Å². The minimum Gasteiger partial charge on any atom is -0.450 e. The van der Waals surface area contributed by atoms with E-state index in [4.69, 9.17) is 4.74 Å². The molecule has 0 spiro atoms. The highest BCUT2D eigenvalue weighted by molar-refractivity contribution is 5.94. The number of likely N-dealkylation sites (tertiary alicyclic amines) is 1. The van der Waals surface area contributed by atoms with Crippen LogP contribution in [0.4, 0.5) is 4.79 Å². The number of aromatic nitrogens is 3. The number of fused-ring (bicyclic) bond motifs is 1. The molecule has 2 aromatic heterocycles. The molecule has 3 aromatic rings. The number of hydrogen-bond donors (Lipinski definition) is 0. The number of hydrogen-bond acceptors (Lipinski definition) is 4. The Balaban J connectivity index is 1.64. The smallest absolute Gasteiger partial charge is 0.409 e. The van der Waals surface area contributed by atoms with Crippen LogP contribution in [0.15, 0.2) is 42.9 Å². The summed E-state index contributed by atoms with van der Waals surface area (Å²) in [5.74, 6) is 0.973. The van der Waals surface area contributed by atoms with E-state index in [1.807, 2.05) is 25.4 Å². The molecule has 0 aliphatic carbocycles. The predicted octanol–water partition coefficient (Wildman–Crippen LogP) is 4.20. The highest BCUT2D eigenvalue weighted by atomic mass is 16.6. The zero-order chi connectivity index (χ0) is 18.8. The van der Waals surface area contributed by atoms with Gasteiger partial charge in [0.15, 0.2) is 0 Å². The summed E-state index contributed by atoms with van der Waals surface area (Å²) in [6, 6.07) is 8.55. The van der Waals surface area contributed by atoms with E-state index < -0.39 is 0 Å². The fourth-order valence-corrected chi connectivity index (χ4v) is 3.90. The van der Waals surface area contributed by atoms with Crippen molar-refractivity contribution in [2.75, 3.05) is 19.7 Å². The van der Waals surface area contributed by atoms with E-state index >= 15 is 0 Å². The first-order valence-corrected chi connectivity index (χ1v) is 9.48. The summed E-state index contributed by atoms with van der Waals surface area (Å²) < 4.78 is 7.39. The monoisotopic (exact) mass is 364 g/mol. The van der Waals surface area contributed by atoms with Gasteiger partial charge in [-0.2, -0.15) is 0 Å². The summed E-state index contributed by atoms with van der Waals surface area (Å²) in [5, 5.41) is 1.12. The van der Waals surface area contributed by atoms with E-state index in [-0.39, 0.29) is 6.09 Å². The molecule has 1 fully saturated rings. The standard InChI is InChI=1S/C21H24N4O2/c1-3-27-21(26)24-12-8-16(9-13-24)25-14-11-23-20(25)19-15(2)6-7-18-17(19)5-4-10-22-18/h4-7,10-11,14,16H,3,8-9,12-13H2,1-2H3. The number of pyridine rings is 1. The molecule has 1 aliphatic rings. The number of imidazole rings is 1. The summed E-state index contributed by atoms with van der Waals surface area (Å²) in [6.45, 7) is 5.78. The van der Waals surface area contributed by atoms with E-state index in [1.54, 1.807) is 4.90 Å². The fraction of sp³-hybridized carbons (Fsp3) is 0.381. The van der Waals surface area contributed by atoms with Gasteiger partial charge < -0.3 is 14.2 Å². The Labute approximate surface area is 158 Å². The van der Waals surface area contributed by atoms with E-state index in [1.165, 1.54) is 5.56 Å². The Morgan fingerprint density at radius 2 is 2.00 bits per heavy atom. The number of carbonyl (C=O) groups is 1. The molecule has 6 nitrogen and oxygen atoms in total. The third kappa shape index (κ3) is 3.27. The van der Waals surface area contributed by atoms with Crippen molar-refractivity contribution in [1.29, 1.82) is 0 Å². The van der Waals surface area contributed by atoms with Crippen LogP contribution in [0.5, 0.6) is 0 Å². The molecule has 0 saturated carbocycles. The Morgan fingerprint density at radius 3 is 2.78 bits per heavy atom.